The van der Waals surface area contributed by atoms with E-state index >= 15 is 0 Å². The molecule has 2 N–H and O–H groups in total. The largest absolute Gasteiger partial charge is 0.385 e. The normalized spacial score (nSPS) is 22.3. The van der Waals surface area contributed by atoms with Crippen LogP contribution in [0.4, 0.5) is 5.69 Å². The van der Waals surface area contributed by atoms with Crippen molar-refractivity contribution < 1.29 is 8.42 Å². The van der Waals surface area contributed by atoms with Crippen LogP contribution in [0.1, 0.15) is 31.4 Å². The van der Waals surface area contributed by atoms with E-state index in [-0.39, 0.29) is 6.04 Å². The highest BCUT2D eigenvalue weighted by atomic mass is 32.2. The van der Waals surface area contributed by atoms with Crippen LogP contribution in [0.15, 0.2) is 17.0 Å². The number of nitrogens with one attached hydrogen (secondary N) is 2. The van der Waals surface area contributed by atoms with Gasteiger partial charge in [-0.15, -0.1) is 0 Å². The van der Waals surface area contributed by atoms with Crippen LogP contribution in [0.3, 0.4) is 0 Å². The van der Waals surface area contributed by atoms with Crippen molar-refractivity contribution >= 4 is 15.7 Å². The predicted molar refractivity (Wildman–Crippen MR) is 78.0 cm³/mol. The minimum absolute atomic E-state index is 0.109. The lowest BCUT2D eigenvalue weighted by Crippen LogP contribution is -2.28. The summed E-state index contributed by atoms with van der Waals surface area (Å²) >= 11 is 0. The number of hydrogen-bond acceptors (Lipinski definition) is 3. The first-order chi connectivity index (χ1) is 8.85. The zero-order chi connectivity index (χ0) is 14.2. The Morgan fingerprint density at radius 3 is 2.21 bits per heavy atom. The summed E-state index contributed by atoms with van der Waals surface area (Å²) in [5, 5.41) is 3.21. The lowest BCUT2D eigenvalue weighted by Gasteiger charge is -2.14. The van der Waals surface area contributed by atoms with Gasteiger partial charge in [0.25, 0.3) is 0 Å². The van der Waals surface area contributed by atoms with E-state index in [0.717, 1.165) is 29.8 Å². The zero-order valence-electron chi connectivity index (χ0n) is 11.9. The molecule has 1 saturated carbocycles. The van der Waals surface area contributed by atoms with Crippen LogP contribution < -0.4 is 10.0 Å². The Balaban J connectivity index is 2.33. The average Bonchev–Trinajstić information content (AvgIpc) is 2.91. The molecule has 5 heteroatoms. The highest BCUT2D eigenvalue weighted by molar-refractivity contribution is 7.89. The van der Waals surface area contributed by atoms with Gasteiger partial charge < -0.3 is 5.32 Å². The summed E-state index contributed by atoms with van der Waals surface area (Å²) in [6, 6.07) is 3.89. The summed E-state index contributed by atoms with van der Waals surface area (Å²) < 4.78 is 27.6. The summed E-state index contributed by atoms with van der Waals surface area (Å²) in [7, 11) is -3.40. The summed E-state index contributed by atoms with van der Waals surface area (Å²) in [5.41, 5.74) is 2.55. The van der Waals surface area contributed by atoms with Crippen molar-refractivity contribution in [1.29, 1.82) is 0 Å². The number of aryl methyl sites for hydroxylation is 2. The molecule has 2 atom stereocenters. The van der Waals surface area contributed by atoms with Gasteiger partial charge in [0, 0.05) is 18.3 Å². The van der Waals surface area contributed by atoms with E-state index in [1.54, 1.807) is 0 Å². The molecule has 0 saturated heterocycles. The fraction of sp³-hybridized carbons (Fsp3) is 0.571. The average molecular weight is 282 g/mol. The summed E-state index contributed by atoms with van der Waals surface area (Å²) in [5.74, 6) is 0.455. The molecule has 0 heterocycles. The van der Waals surface area contributed by atoms with Crippen LogP contribution in [-0.4, -0.2) is 21.0 Å². The molecule has 1 aliphatic carbocycles. The van der Waals surface area contributed by atoms with Crippen LogP contribution in [0.2, 0.25) is 0 Å². The van der Waals surface area contributed by atoms with E-state index in [4.69, 9.17) is 0 Å². The molecule has 19 heavy (non-hydrogen) atoms. The van der Waals surface area contributed by atoms with Crippen molar-refractivity contribution in [1.82, 2.24) is 4.72 Å². The number of anilines is 1. The van der Waals surface area contributed by atoms with Crippen molar-refractivity contribution in [2.75, 3.05) is 11.9 Å². The van der Waals surface area contributed by atoms with Gasteiger partial charge in [-0.3, -0.25) is 0 Å². The SMILES string of the molecule is CCNc1cc(C)c(S(=O)(=O)NC2CC2C)c(C)c1. The van der Waals surface area contributed by atoms with Gasteiger partial charge in [0.1, 0.15) is 0 Å². The number of benzene rings is 1. The van der Waals surface area contributed by atoms with Crippen LogP contribution in [0.5, 0.6) is 0 Å². The number of rotatable bonds is 5. The van der Waals surface area contributed by atoms with Crippen LogP contribution in [0.25, 0.3) is 0 Å². The molecule has 0 bridgehead atoms. The van der Waals surface area contributed by atoms with Crippen molar-refractivity contribution in [3.05, 3.63) is 23.3 Å². The molecule has 0 spiro atoms. The molecular weight excluding hydrogens is 260 g/mol. The Morgan fingerprint density at radius 1 is 1.26 bits per heavy atom. The molecule has 0 aromatic heterocycles. The molecule has 1 aromatic rings. The first-order valence-electron chi connectivity index (χ1n) is 6.72. The van der Waals surface area contributed by atoms with E-state index in [0.29, 0.717) is 10.8 Å². The summed E-state index contributed by atoms with van der Waals surface area (Å²) in [6.45, 7) is 8.59. The fourth-order valence-corrected chi connectivity index (χ4v) is 4.24. The van der Waals surface area contributed by atoms with Gasteiger partial charge in [0.2, 0.25) is 10.0 Å². The molecule has 1 aromatic carbocycles. The van der Waals surface area contributed by atoms with Gasteiger partial charge in [-0.05, 0) is 56.4 Å². The predicted octanol–water partition coefficient (Wildman–Crippen LogP) is 2.42. The smallest absolute Gasteiger partial charge is 0.241 e. The zero-order valence-corrected chi connectivity index (χ0v) is 12.8. The lowest BCUT2D eigenvalue weighted by atomic mass is 10.1. The van der Waals surface area contributed by atoms with E-state index in [1.165, 1.54) is 0 Å². The number of hydrogen-bond donors (Lipinski definition) is 2. The van der Waals surface area contributed by atoms with Gasteiger partial charge in [-0.1, -0.05) is 6.92 Å². The minimum Gasteiger partial charge on any atom is -0.385 e. The molecule has 1 fully saturated rings. The molecule has 0 aliphatic heterocycles. The summed E-state index contributed by atoms with van der Waals surface area (Å²) in [4.78, 5) is 0.424. The lowest BCUT2D eigenvalue weighted by molar-refractivity contribution is 0.577. The van der Waals surface area contributed by atoms with Crippen molar-refractivity contribution in [3.63, 3.8) is 0 Å². The van der Waals surface area contributed by atoms with E-state index in [1.807, 2.05) is 32.9 Å². The molecule has 106 valence electrons. The molecule has 0 radical (unpaired) electrons. The maximum absolute atomic E-state index is 12.4. The van der Waals surface area contributed by atoms with E-state index < -0.39 is 10.0 Å². The standard InChI is InChI=1S/C14H22N2O2S/c1-5-15-12-6-10(3)14(11(4)7-12)19(17,18)16-13-8-9(13)2/h6-7,9,13,15-16H,5,8H2,1-4H3. The molecule has 1 aliphatic rings. The van der Waals surface area contributed by atoms with Gasteiger partial charge >= 0.3 is 0 Å². The van der Waals surface area contributed by atoms with E-state index in [2.05, 4.69) is 17.0 Å². The maximum Gasteiger partial charge on any atom is 0.241 e. The molecule has 4 nitrogen and oxygen atoms in total. The number of sulfonamides is 1. The quantitative estimate of drug-likeness (QED) is 0.872. The second-order valence-corrected chi connectivity index (χ2v) is 7.06. The van der Waals surface area contributed by atoms with Gasteiger partial charge in [0.15, 0.2) is 0 Å². The van der Waals surface area contributed by atoms with Crippen LogP contribution in [-0.2, 0) is 10.0 Å². The van der Waals surface area contributed by atoms with Crippen molar-refractivity contribution in [2.45, 2.75) is 45.1 Å². The second-order valence-electron chi connectivity index (χ2n) is 5.41. The topological polar surface area (TPSA) is 58.2 Å². The van der Waals surface area contributed by atoms with Crippen molar-refractivity contribution in [3.8, 4) is 0 Å². The van der Waals surface area contributed by atoms with Gasteiger partial charge in [-0.25, -0.2) is 13.1 Å². The molecule has 2 rings (SSSR count). The van der Waals surface area contributed by atoms with Crippen LogP contribution in [0, 0.1) is 19.8 Å². The highest BCUT2D eigenvalue weighted by Crippen LogP contribution is 2.32. The third kappa shape index (κ3) is 3.09. The molecule has 0 amide bonds. The third-order valence-corrected chi connectivity index (χ3v) is 5.32. The Hall–Kier alpha value is -1.07. The van der Waals surface area contributed by atoms with Gasteiger partial charge in [0.05, 0.1) is 4.90 Å². The Labute approximate surface area is 115 Å². The van der Waals surface area contributed by atoms with Crippen LogP contribution >= 0.6 is 0 Å². The van der Waals surface area contributed by atoms with Gasteiger partial charge in [-0.2, -0.15) is 0 Å². The second kappa shape index (κ2) is 5.13. The fourth-order valence-electron chi connectivity index (χ4n) is 2.42. The summed E-state index contributed by atoms with van der Waals surface area (Å²) in [6.07, 6.45) is 0.937. The Morgan fingerprint density at radius 2 is 1.79 bits per heavy atom. The van der Waals surface area contributed by atoms with E-state index in [9.17, 15) is 8.42 Å². The molecule has 2 unspecified atom stereocenters. The van der Waals surface area contributed by atoms with Crippen molar-refractivity contribution in [2.24, 2.45) is 5.92 Å². The first-order valence-corrected chi connectivity index (χ1v) is 8.21. The highest BCUT2D eigenvalue weighted by Gasteiger charge is 2.37. The third-order valence-electron chi connectivity index (χ3n) is 3.53. The Bertz CT molecular complexity index is 558. The minimum atomic E-state index is -3.40. The Kier molecular flexibility index (Phi) is 3.87. The first kappa shape index (κ1) is 14.3. The maximum atomic E-state index is 12.4. The molecular formula is C14H22N2O2S. The monoisotopic (exact) mass is 282 g/mol.